The van der Waals surface area contributed by atoms with Gasteiger partial charge >= 0.3 is 7.12 Å². The van der Waals surface area contributed by atoms with Crippen LogP contribution >= 0.6 is 0 Å². The van der Waals surface area contributed by atoms with Gasteiger partial charge in [-0.25, -0.2) is 0 Å². The Morgan fingerprint density at radius 2 is 1.70 bits per heavy atom. The fraction of sp³-hybridized carbons (Fsp3) is 0.529. The van der Waals surface area contributed by atoms with E-state index in [-0.39, 0.29) is 24.4 Å². The first-order valence-electron chi connectivity index (χ1n) is 7.90. The highest BCUT2D eigenvalue weighted by Crippen LogP contribution is 2.36. The molecule has 1 fully saturated rings. The second-order valence-electron chi connectivity index (χ2n) is 7.02. The zero-order valence-corrected chi connectivity index (χ0v) is 14.4. The van der Waals surface area contributed by atoms with Crippen molar-refractivity contribution >= 4 is 12.6 Å². The summed E-state index contributed by atoms with van der Waals surface area (Å²) in [6, 6.07) is 8.25. The minimum Gasteiger partial charge on any atom is -0.410 e. The summed E-state index contributed by atoms with van der Waals surface area (Å²) in [5.41, 5.74) is 4.48. The average molecular weight is 317 g/mol. The van der Waals surface area contributed by atoms with Crippen LogP contribution in [0.5, 0.6) is 0 Å². The van der Waals surface area contributed by atoms with Gasteiger partial charge in [-0.1, -0.05) is 24.3 Å². The van der Waals surface area contributed by atoms with Gasteiger partial charge in [0.15, 0.2) is 0 Å². The largest absolute Gasteiger partial charge is 0.494 e. The lowest BCUT2D eigenvalue weighted by Crippen LogP contribution is -2.41. The fourth-order valence-corrected chi connectivity index (χ4v) is 2.62. The molecule has 0 amide bonds. The lowest BCUT2D eigenvalue weighted by Gasteiger charge is -2.32. The monoisotopic (exact) mass is 317 g/mol. The van der Waals surface area contributed by atoms with Crippen molar-refractivity contribution in [3.8, 4) is 0 Å². The van der Waals surface area contributed by atoms with E-state index in [1.807, 2.05) is 18.2 Å². The van der Waals surface area contributed by atoms with Crippen molar-refractivity contribution in [3.05, 3.63) is 41.7 Å². The third-order valence-corrected chi connectivity index (χ3v) is 4.78. The molecule has 3 rings (SSSR count). The Morgan fingerprint density at radius 1 is 1.09 bits per heavy atom. The van der Waals surface area contributed by atoms with Crippen molar-refractivity contribution in [1.82, 2.24) is 5.48 Å². The Kier molecular flexibility index (Phi) is 4.27. The van der Waals surface area contributed by atoms with Crippen LogP contribution in [-0.4, -0.2) is 32.0 Å². The number of benzene rings is 1. The molecule has 6 heteroatoms. The fourth-order valence-electron chi connectivity index (χ4n) is 2.62. The smallest absolute Gasteiger partial charge is 0.410 e. The highest BCUT2D eigenvalue weighted by atomic mass is 16.7. The lowest BCUT2D eigenvalue weighted by molar-refractivity contribution is 0.00578. The van der Waals surface area contributed by atoms with Crippen LogP contribution in [0, 0.1) is 0 Å². The molecule has 1 saturated heterocycles. The summed E-state index contributed by atoms with van der Waals surface area (Å²) in [6.45, 7) is 8.70. The van der Waals surface area contributed by atoms with Gasteiger partial charge in [0, 0.05) is 7.11 Å². The van der Waals surface area contributed by atoms with Crippen LogP contribution in [0.3, 0.4) is 0 Å². The van der Waals surface area contributed by atoms with E-state index in [0.29, 0.717) is 6.61 Å². The molecule has 0 aromatic heterocycles. The summed E-state index contributed by atoms with van der Waals surface area (Å²) in [6.07, 6.45) is 2.02. The summed E-state index contributed by atoms with van der Waals surface area (Å²) in [5.74, 6) is 0.799. The predicted octanol–water partition coefficient (Wildman–Crippen LogP) is 2.09. The van der Waals surface area contributed by atoms with Crippen molar-refractivity contribution in [2.24, 2.45) is 0 Å². The first-order valence-corrected chi connectivity index (χ1v) is 7.90. The first-order chi connectivity index (χ1) is 10.8. The Hall–Kier alpha value is -1.34. The Balaban J connectivity index is 1.72. The van der Waals surface area contributed by atoms with Crippen LogP contribution in [-0.2, 0) is 18.9 Å². The summed E-state index contributed by atoms with van der Waals surface area (Å²) < 4.78 is 17.2. The number of hydrogen-bond donors (Lipinski definition) is 1. The molecule has 1 aromatic rings. The van der Waals surface area contributed by atoms with Crippen molar-refractivity contribution in [1.29, 1.82) is 0 Å². The molecule has 5 nitrogen and oxygen atoms in total. The van der Waals surface area contributed by atoms with Gasteiger partial charge in [0.2, 0.25) is 0 Å². The quantitative estimate of drug-likeness (QED) is 0.862. The maximum absolute atomic E-state index is 6.07. The standard InChI is InChI=1S/C17H24BNO4/c1-16(2)17(3,4)23-18(22-16)13-8-6-12(7-9-13)15-10-14(11-20-5)21-19-15/h6-10,15,19H,11H2,1-5H3. The summed E-state index contributed by atoms with van der Waals surface area (Å²) in [4.78, 5) is 5.38. The second-order valence-corrected chi connectivity index (χ2v) is 7.02. The van der Waals surface area contributed by atoms with Crippen LogP contribution in [0.15, 0.2) is 36.1 Å². The van der Waals surface area contributed by atoms with E-state index in [1.54, 1.807) is 7.11 Å². The molecule has 23 heavy (non-hydrogen) atoms. The Bertz CT molecular complexity index is 581. The predicted molar refractivity (Wildman–Crippen MR) is 89.1 cm³/mol. The van der Waals surface area contributed by atoms with E-state index >= 15 is 0 Å². The second kappa shape index (κ2) is 5.94. The number of ether oxygens (including phenoxy) is 1. The number of nitrogens with one attached hydrogen (secondary N) is 1. The molecule has 124 valence electrons. The molecule has 2 aliphatic heterocycles. The first kappa shape index (κ1) is 16.5. The van der Waals surface area contributed by atoms with Crippen molar-refractivity contribution in [3.63, 3.8) is 0 Å². The van der Waals surface area contributed by atoms with E-state index < -0.39 is 0 Å². The maximum Gasteiger partial charge on any atom is 0.494 e. The van der Waals surface area contributed by atoms with Crippen LogP contribution in [0.2, 0.25) is 0 Å². The number of hydrogen-bond acceptors (Lipinski definition) is 5. The molecule has 0 saturated carbocycles. The topological polar surface area (TPSA) is 49.0 Å². The van der Waals surface area contributed by atoms with E-state index in [9.17, 15) is 0 Å². The molecular weight excluding hydrogens is 293 g/mol. The number of hydroxylamine groups is 1. The third kappa shape index (κ3) is 3.17. The van der Waals surface area contributed by atoms with E-state index in [4.69, 9.17) is 18.9 Å². The molecule has 2 aliphatic rings. The Labute approximate surface area is 138 Å². The van der Waals surface area contributed by atoms with Gasteiger partial charge in [0.25, 0.3) is 0 Å². The molecular formula is C17H24BNO4. The van der Waals surface area contributed by atoms with Crippen molar-refractivity contribution < 1.29 is 18.9 Å². The Morgan fingerprint density at radius 3 is 2.26 bits per heavy atom. The normalized spacial score (nSPS) is 25.3. The van der Waals surface area contributed by atoms with Gasteiger partial charge in [-0.2, -0.15) is 0 Å². The van der Waals surface area contributed by atoms with Crippen LogP contribution in [0.1, 0.15) is 39.3 Å². The molecule has 0 aliphatic carbocycles. The van der Waals surface area contributed by atoms with E-state index in [1.165, 1.54) is 0 Å². The van der Waals surface area contributed by atoms with Crippen LogP contribution in [0.25, 0.3) is 0 Å². The molecule has 0 spiro atoms. The molecule has 2 heterocycles. The zero-order chi connectivity index (χ0) is 16.7. The number of rotatable bonds is 4. The van der Waals surface area contributed by atoms with E-state index in [0.717, 1.165) is 16.8 Å². The highest BCUT2D eigenvalue weighted by Gasteiger charge is 2.51. The molecule has 1 N–H and O–H groups in total. The maximum atomic E-state index is 6.07. The third-order valence-electron chi connectivity index (χ3n) is 4.78. The molecule has 0 radical (unpaired) electrons. The summed E-state index contributed by atoms with van der Waals surface area (Å²) >= 11 is 0. The molecule has 0 bridgehead atoms. The zero-order valence-electron chi connectivity index (χ0n) is 14.4. The molecule has 1 atom stereocenters. The molecule has 1 aromatic carbocycles. The number of methoxy groups -OCH3 is 1. The van der Waals surface area contributed by atoms with E-state index in [2.05, 4.69) is 45.3 Å². The van der Waals surface area contributed by atoms with Gasteiger partial charge in [-0.3, -0.25) is 0 Å². The van der Waals surface area contributed by atoms with Gasteiger partial charge in [-0.05, 0) is 44.8 Å². The van der Waals surface area contributed by atoms with Crippen LogP contribution < -0.4 is 10.9 Å². The minimum atomic E-state index is -0.332. The lowest BCUT2D eigenvalue weighted by atomic mass is 9.78. The molecule has 1 unspecified atom stereocenters. The van der Waals surface area contributed by atoms with Gasteiger partial charge in [0.05, 0.1) is 17.2 Å². The summed E-state index contributed by atoms with van der Waals surface area (Å²) in [7, 11) is 1.32. The highest BCUT2D eigenvalue weighted by molar-refractivity contribution is 6.62. The van der Waals surface area contributed by atoms with Gasteiger partial charge in [-0.15, -0.1) is 5.48 Å². The van der Waals surface area contributed by atoms with Crippen molar-refractivity contribution in [2.45, 2.75) is 44.9 Å². The minimum absolute atomic E-state index is 0.0347. The summed E-state index contributed by atoms with van der Waals surface area (Å²) in [5, 5.41) is 0. The average Bonchev–Trinajstić information content (AvgIpc) is 3.03. The van der Waals surface area contributed by atoms with Crippen molar-refractivity contribution in [2.75, 3.05) is 13.7 Å². The van der Waals surface area contributed by atoms with Crippen LogP contribution in [0.4, 0.5) is 0 Å². The van der Waals surface area contributed by atoms with Gasteiger partial charge in [0.1, 0.15) is 12.4 Å². The van der Waals surface area contributed by atoms with Gasteiger partial charge < -0.3 is 18.9 Å². The SMILES string of the molecule is COCC1=CC(c2ccc(B3OC(C)(C)C(C)(C)O3)cc2)NO1.